The highest BCUT2D eigenvalue weighted by molar-refractivity contribution is 5.95. The number of carbonyl (C=O) groups is 1. The van der Waals surface area contributed by atoms with Gasteiger partial charge in [-0.2, -0.15) is 5.10 Å². The Labute approximate surface area is 139 Å². The zero-order valence-corrected chi connectivity index (χ0v) is 13.2. The van der Waals surface area contributed by atoms with Crippen molar-refractivity contribution in [3.8, 4) is 11.1 Å². The summed E-state index contributed by atoms with van der Waals surface area (Å²) in [7, 11) is 0. The van der Waals surface area contributed by atoms with Crippen molar-refractivity contribution in [1.29, 1.82) is 0 Å². The van der Waals surface area contributed by atoms with Crippen LogP contribution in [0.3, 0.4) is 0 Å². The Morgan fingerprint density at radius 3 is 2.54 bits per heavy atom. The molecule has 122 valence electrons. The molecule has 0 atom stereocenters. The van der Waals surface area contributed by atoms with Crippen LogP contribution in [-0.4, -0.2) is 47.3 Å². The van der Waals surface area contributed by atoms with Crippen LogP contribution in [0.2, 0.25) is 0 Å². The largest absolute Gasteiger partial charge is 0.382 e. The number of nitrogen functional groups attached to an aromatic ring is 1. The summed E-state index contributed by atoms with van der Waals surface area (Å²) in [5.41, 5.74) is 9.56. The maximum atomic E-state index is 12.5. The van der Waals surface area contributed by atoms with Crippen molar-refractivity contribution >= 4 is 22.6 Å². The van der Waals surface area contributed by atoms with Crippen LogP contribution in [0.25, 0.3) is 22.0 Å². The van der Waals surface area contributed by atoms with Gasteiger partial charge in [-0.15, -0.1) is 0 Å². The van der Waals surface area contributed by atoms with Crippen molar-refractivity contribution in [2.75, 3.05) is 32.0 Å². The van der Waals surface area contributed by atoms with Gasteiger partial charge in [0.05, 0.1) is 18.7 Å². The van der Waals surface area contributed by atoms with Gasteiger partial charge in [0.25, 0.3) is 5.91 Å². The predicted molar refractivity (Wildman–Crippen MR) is 92.7 cm³/mol. The summed E-state index contributed by atoms with van der Waals surface area (Å²) in [6.07, 6.45) is 0. The molecule has 0 bridgehead atoms. The Kier molecular flexibility index (Phi) is 3.66. The zero-order valence-electron chi connectivity index (χ0n) is 13.2. The summed E-state index contributed by atoms with van der Waals surface area (Å²) in [6.45, 7) is 2.51. The molecule has 6 nitrogen and oxygen atoms in total. The first-order chi connectivity index (χ1) is 11.7. The number of anilines is 1. The molecule has 0 saturated carbocycles. The molecule has 6 heteroatoms. The van der Waals surface area contributed by atoms with Crippen molar-refractivity contribution in [3.05, 3.63) is 48.0 Å². The normalized spacial score (nSPS) is 14.9. The van der Waals surface area contributed by atoms with Crippen LogP contribution in [0.1, 0.15) is 10.4 Å². The van der Waals surface area contributed by atoms with E-state index in [2.05, 4.69) is 10.2 Å². The van der Waals surface area contributed by atoms with Gasteiger partial charge >= 0.3 is 0 Å². The van der Waals surface area contributed by atoms with E-state index in [1.807, 2.05) is 47.4 Å². The molecule has 1 saturated heterocycles. The van der Waals surface area contributed by atoms with Crippen molar-refractivity contribution < 1.29 is 9.53 Å². The maximum Gasteiger partial charge on any atom is 0.254 e. The van der Waals surface area contributed by atoms with E-state index in [0.29, 0.717) is 37.7 Å². The fourth-order valence-corrected chi connectivity index (χ4v) is 2.97. The molecule has 1 aromatic heterocycles. The van der Waals surface area contributed by atoms with Crippen LogP contribution in [-0.2, 0) is 4.74 Å². The van der Waals surface area contributed by atoms with Gasteiger partial charge in [0, 0.05) is 24.0 Å². The molecular formula is C18H18N4O2. The first-order valence-electron chi connectivity index (χ1n) is 7.93. The van der Waals surface area contributed by atoms with E-state index in [4.69, 9.17) is 10.5 Å². The van der Waals surface area contributed by atoms with Gasteiger partial charge in [0.1, 0.15) is 0 Å². The third-order valence-electron chi connectivity index (χ3n) is 4.36. The van der Waals surface area contributed by atoms with E-state index >= 15 is 0 Å². The van der Waals surface area contributed by atoms with E-state index in [1.165, 1.54) is 0 Å². The number of aromatic nitrogens is 2. The summed E-state index contributed by atoms with van der Waals surface area (Å²) in [5.74, 6) is 0.547. The molecule has 1 amide bonds. The number of morpholine rings is 1. The van der Waals surface area contributed by atoms with Crippen LogP contribution in [0.15, 0.2) is 42.5 Å². The SMILES string of the molecule is Nc1n[nH]c2ccc(-c3ccc(C(=O)N4CCOCC4)cc3)cc12. The quantitative estimate of drug-likeness (QED) is 0.758. The van der Waals surface area contributed by atoms with Crippen LogP contribution in [0, 0.1) is 0 Å². The molecule has 4 rings (SSSR count). The number of benzene rings is 2. The number of ether oxygens (including phenoxy) is 1. The highest BCUT2D eigenvalue weighted by Crippen LogP contribution is 2.26. The number of hydrogen-bond donors (Lipinski definition) is 2. The number of nitrogens with one attached hydrogen (secondary N) is 1. The fraction of sp³-hybridized carbons (Fsp3) is 0.222. The number of aromatic amines is 1. The maximum absolute atomic E-state index is 12.5. The van der Waals surface area contributed by atoms with E-state index in [9.17, 15) is 4.79 Å². The van der Waals surface area contributed by atoms with Gasteiger partial charge in [0.15, 0.2) is 5.82 Å². The van der Waals surface area contributed by atoms with Crippen molar-refractivity contribution in [2.45, 2.75) is 0 Å². The molecular weight excluding hydrogens is 304 g/mol. The standard InChI is InChI=1S/C18H18N4O2/c19-17-15-11-14(5-6-16(15)20-21-17)12-1-3-13(4-2-12)18(23)22-7-9-24-10-8-22/h1-6,11H,7-10H2,(H3,19,20,21). The number of nitrogens with two attached hydrogens (primary N) is 1. The third-order valence-corrected chi connectivity index (χ3v) is 4.36. The molecule has 0 unspecified atom stereocenters. The smallest absolute Gasteiger partial charge is 0.254 e. The van der Waals surface area contributed by atoms with E-state index in [1.54, 1.807) is 0 Å². The molecule has 2 aromatic carbocycles. The van der Waals surface area contributed by atoms with E-state index in [-0.39, 0.29) is 5.91 Å². The van der Waals surface area contributed by atoms with Gasteiger partial charge in [-0.3, -0.25) is 9.89 Å². The van der Waals surface area contributed by atoms with Crippen molar-refractivity contribution in [3.63, 3.8) is 0 Å². The topological polar surface area (TPSA) is 84.2 Å². The number of hydrogen-bond acceptors (Lipinski definition) is 4. The number of carbonyl (C=O) groups excluding carboxylic acids is 1. The van der Waals surface area contributed by atoms with Crippen LogP contribution in [0.5, 0.6) is 0 Å². The number of amides is 1. The Bertz CT molecular complexity index is 880. The first-order valence-corrected chi connectivity index (χ1v) is 7.93. The highest BCUT2D eigenvalue weighted by atomic mass is 16.5. The monoisotopic (exact) mass is 322 g/mol. The van der Waals surface area contributed by atoms with Crippen molar-refractivity contribution in [1.82, 2.24) is 15.1 Å². The summed E-state index contributed by atoms with van der Waals surface area (Å²) in [6, 6.07) is 13.6. The van der Waals surface area contributed by atoms with Crippen LogP contribution >= 0.6 is 0 Å². The second kappa shape index (κ2) is 5.98. The number of rotatable bonds is 2. The lowest BCUT2D eigenvalue weighted by molar-refractivity contribution is 0.0303. The second-order valence-corrected chi connectivity index (χ2v) is 5.85. The summed E-state index contributed by atoms with van der Waals surface area (Å²) >= 11 is 0. The van der Waals surface area contributed by atoms with Crippen LogP contribution in [0.4, 0.5) is 5.82 Å². The zero-order chi connectivity index (χ0) is 16.5. The Balaban J connectivity index is 1.60. The lowest BCUT2D eigenvalue weighted by Gasteiger charge is -2.26. The van der Waals surface area contributed by atoms with Crippen LogP contribution < -0.4 is 5.73 Å². The lowest BCUT2D eigenvalue weighted by Crippen LogP contribution is -2.40. The van der Waals surface area contributed by atoms with Gasteiger partial charge in [-0.1, -0.05) is 18.2 Å². The number of nitrogens with zero attached hydrogens (tertiary/aromatic N) is 2. The van der Waals surface area contributed by atoms with Crippen molar-refractivity contribution in [2.24, 2.45) is 0 Å². The minimum absolute atomic E-state index is 0.0550. The van der Waals surface area contributed by atoms with Gasteiger partial charge < -0.3 is 15.4 Å². The fourth-order valence-electron chi connectivity index (χ4n) is 2.97. The molecule has 1 fully saturated rings. The van der Waals surface area contributed by atoms with E-state index in [0.717, 1.165) is 22.0 Å². The summed E-state index contributed by atoms with van der Waals surface area (Å²) < 4.78 is 5.29. The Hall–Kier alpha value is -2.86. The molecule has 24 heavy (non-hydrogen) atoms. The molecule has 1 aliphatic rings. The molecule has 1 aliphatic heterocycles. The van der Waals surface area contributed by atoms with Gasteiger partial charge in [0.2, 0.25) is 0 Å². The third kappa shape index (κ3) is 2.61. The molecule has 0 radical (unpaired) electrons. The second-order valence-electron chi connectivity index (χ2n) is 5.85. The highest BCUT2D eigenvalue weighted by Gasteiger charge is 2.18. The minimum Gasteiger partial charge on any atom is -0.382 e. The molecule has 2 heterocycles. The minimum atomic E-state index is 0.0550. The molecule has 3 aromatic rings. The average molecular weight is 322 g/mol. The lowest BCUT2D eigenvalue weighted by atomic mass is 10.0. The molecule has 0 spiro atoms. The Morgan fingerprint density at radius 2 is 1.79 bits per heavy atom. The van der Waals surface area contributed by atoms with E-state index < -0.39 is 0 Å². The molecule has 3 N–H and O–H groups in total. The van der Waals surface area contributed by atoms with Gasteiger partial charge in [-0.05, 0) is 35.4 Å². The number of H-pyrrole nitrogens is 1. The van der Waals surface area contributed by atoms with Gasteiger partial charge in [-0.25, -0.2) is 0 Å². The average Bonchev–Trinajstić information content (AvgIpc) is 3.02. The molecule has 0 aliphatic carbocycles. The summed E-state index contributed by atoms with van der Waals surface area (Å²) in [4.78, 5) is 14.3. The Morgan fingerprint density at radius 1 is 1.08 bits per heavy atom. The number of fused-ring (bicyclic) bond motifs is 1. The predicted octanol–water partition coefficient (Wildman–Crippen LogP) is 2.28. The summed E-state index contributed by atoms with van der Waals surface area (Å²) in [5, 5.41) is 7.81. The first kappa shape index (κ1) is 14.7.